The molecule has 0 amide bonds. The van der Waals surface area contributed by atoms with Gasteiger partial charge in [0.1, 0.15) is 0 Å². The molecule has 1 N–H and O–H groups in total. The molecule has 1 nitrogen and oxygen atoms in total. The van der Waals surface area contributed by atoms with Crippen molar-refractivity contribution in [1.82, 2.24) is 0 Å². The molecule has 0 fully saturated rings. The van der Waals surface area contributed by atoms with Crippen LogP contribution in [0, 0.1) is 3.57 Å². The molecule has 1 aromatic rings. The van der Waals surface area contributed by atoms with E-state index in [0.717, 1.165) is 5.69 Å². The quantitative estimate of drug-likeness (QED) is 0.635. The molecule has 0 aliphatic rings. The molecule has 0 saturated carbocycles. The zero-order chi connectivity index (χ0) is 7.40. The van der Waals surface area contributed by atoms with E-state index in [9.17, 15) is 0 Å². The van der Waals surface area contributed by atoms with Gasteiger partial charge >= 0.3 is 5.27 Å². The zero-order valence-corrected chi connectivity index (χ0v) is 9.46. The minimum absolute atomic E-state index is 1.13. The summed E-state index contributed by atoms with van der Waals surface area (Å²) in [5, 5.41) is 4.98. The fourth-order valence-corrected chi connectivity index (χ4v) is 1.33. The van der Waals surface area contributed by atoms with Crippen molar-refractivity contribution in [3.8, 4) is 0 Å². The van der Waals surface area contributed by atoms with E-state index in [0.29, 0.717) is 0 Å². The Morgan fingerprint density at radius 1 is 1.20 bits per heavy atom. The lowest BCUT2D eigenvalue weighted by Gasteiger charge is -1.99. The van der Waals surface area contributed by atoms with Crippen LogP contribution < -0.4 is 5.23 Å². The molecule has 1 rings (SSSR count). The van der Waals surface area contributed by atoms with Gasteiger partial charge in [0.25, 0.3) is 0 Å². The summed E-state index contributed by atoms with van der Waals surface area (Å²) in [6.07, 6.45) is 0. The Labute approximate surface area is 88.2 Å². The zero-order valence-electron chi connectivity index (χ0n) is 5.14. The predicted molar refractivity (Wildman–Crippen MR) is 62.6 cm³/mol. The number of anilines is 1. The molecule has 0 heterocycles. The summed E-state index contributed by atoms with van der Waals surface area (Å²) in [5.74, 6) is 0. The van der Waals surface area contributed by atoms with Crippen LogP contribution >= 0.6 is 45.0 Å². The number of halogens is 2. The highest BCUT2D eigenvalue weighted by molar-refractivity contribution is 14.1. The number of benzene rings is 1. The lowest BCUT2D eigenvalue weighted by Crippen LogP contribution is -1.96. The standard InChI is InChI=1S/C6H5BI2N/c8-5-1-3-6(4-2-5)10-7-9/h1-4,10H. The average molecular weight is 356 g/mol. The van der Waals surface area contributed by atoms with E-state index in [1.54, 1.807) is 0 Å². The first-order chi connectivity index (χ1) is 4.83. The molecule has 0 aliphatic carbocycles. The molecule has 0 aromatic heterocycles. The molecule has 0 unspecified atom stereocenters. The van der Waals surface area contributed by atoms with E-state index in [4.69, 9.17) is 0 Å². The Kier molecular flexibility index (Phi) is 3.83. The fraction of sp³-hybridized carbons (Fsp3) is 0. The van der Waals surface area contributed by atoms with E-state index in [1.807, 2.05) is 5.27 Å². The summed E-state index contributed by atoms with van der Waals surface area (Å²) in [7, 11) is 0. The molecular formula is C6H5BI2N. The molecule has 1 aromatic carbocycles. The molecule has 10 heavy (non-hydrogen) atoms. The molecular weight excluding hydrogens is 351 g/mol. The van der Waals surface area contributed by atoms with Crippen LogP contribution in [0.15, 0.2) is 24.3 Å². The summed E-state index contributed by atoms with van der Waals surface area (Å²) in [6.45, 7) is 0. The van der Waals surface area contributed by atoms with Crippen LogP contribution in [0.5, 0.6) is 0 Å². The number of hydrogen-bond acceptors (Lipinski definition) is 1. The van der Waals surface area contributed by atoms with Crippen LogP contribution in [0.1, 0.15) is 0 Å². The maximum Gasteiger partial charge on any atom is 0.328 e. The predicted octanol–water partition coefficient (Wildman–Crippen LogP) is 2.67. The largest absolute Gasteiger partial charge is 0.423 e. The monoisotopic (exact) mass is 356 g/mol. The maximum atomic E-state index is 3.09. The molecule has 0 atom stereocenters. The first-order valence-corrected chi connectivity index (χ1v) is 5.09. The highest BCUT2D eigenvalue weighted by Gasteiger charge is 1.88. The van der Waals surface area contributed by atoms with Gasteiger partial charge in [-0.1, -0.05) is 0 Å². The van der Waals surface area contributed by atoms with Crippen molar-refractivity contribution in [1.29, 1.82) is 0 Å². The summed E-state index contributed by atoms with van der Waals surface area (Å²) >= 11 is 4.45. The van der Waals surface area contributed by atoms with Gasteiger partial charge in [0.05, 0.1) is 0 Å². The van der Waals surface area contributed by atoms with Gasteiger partial charge in [-0.05, 0) is 46.9 Å². The van der Waals surface area contributed by atoms with E-state index in [-0.39, 0.29) is 0 Å². The van der Waals surface area contributed by atoms with Crippen LogP contribution in [0.2, 0.25) is 0 Å². The van der Waals surface area contributed by atoms with Crippen molar-refractivity contribution < 1.29 is 0 Å². The van der Waals surface area contributed by atoms with Gasteiger partial charge in [-0.15, -0.1) is 22.4 Å². The SMILES string of the molecule is I[B]Nc1ccc(I)cc1. The molecule has 4 heteroatoms. The lowest BCUT2D eigenvalue weighted by atomic mass is 10.3. The smallest absolute Gasteiger partial charge is 0.328 e. The van der Waals surface area contributed by atoms with Crippen LogP contribution in [0.25, 0.3) is 0 Å². The third-order valence-corrected chi connectivity index (χ3v) is 2.10. The van der Waals surface area contributed by atoms with Crippen LogP contribution in [-0.2, 0) is 0 Å². The van der Waals surface area contributed by atoms with Crippen LogP contribution in [-0.4, -0.2) is 5.27 Å². The van der Waals surface area contributed by atoms with Crippen molar-refractivity contribution >= 4 is 55.9 Å². The highest BCUT2D eigenvalue weighted by atomic mass is 127. The Bertz CT molecular complexity index is 199. The second-order valence-electron chi connectivity index (χ2n) is 1.76. The number of hydrogen-bond donors (Lipinski definition) is 1. The lowest BCUT2D eigenvalue weighted by molar-refractivity contribution is 1.63. The fourth-order valence-electron chi connectivity index (χ4n) is 0.609. The molecule has 1 radical (unpaired) electrons. The van der Waals surface area contributed by atoms with Gasteiger partial charge in [-0.3, -0.25) is 0 Å². The minimum Gasteiger partial charge on any atom is -0.423 e. The molecule has 0 bridgehead atoms. The second kappa shape index (κ2) is 4.43. The number of nitrogens with one attached hydrogen (secondary N) is 1. The van der Waals surface area contributed by atoms with E-state index in [2.05, 4.69) is 74.5 Å². The first-order valence-electron chi connectivity index (χ1n) is 2.77. The van der Waals surface area contributed by atoms with Crippen molar-refractivity contribution in [2.45, 2.75) is 0 Å². The Balaban J connectivity index is 2.69. The third kappa shape index (κ3) is 2.65. The summed E-state index contributed by atoms with van der Waals surface area (Å²) in [4.78, 5) is 0. The van der Waals surface area contributed by atoms with Crippen LogP contribution in [0.4, 0.5) is 5.69 Å². The second-order valence-corrected chi connectivity index (χ2v) is 3.63. The van der Waals surface area contributed by atoms with E-state index < -0.39 is 0 Å². The third-order valence-electron chi connectivity index (χ3n) is 1.07. The van der Waals surface area contributed by atoms with Crippen molar-refractivity contribution in [2.24, 2.45) is 0 Å². The molecule has 0 aliphatic heterocycles. The summed E-state index contributed by atoms with van der Waals surface area (Å²) < 4.78 is 1.26. The Hall–Kier alpha value is 0.545. The van der Waals surface area contributed by atoms with Crippen LogP contribution in [0.3, 0.4) is 0 Å². The van der Waals surface area contributed by atoms with E-state index >= 15 is 0 Å². The normalized spacial score (nSPS) is 9.00. The molecule has 51 valence electrons. The highest BCUT2D eigenvalue weighted by Crippen LogP contribution is 2.10. The van der Waals surface area contributed by atoms with Gasteiger partial charge in [-0.2, -0.15) is 0 Å². The minimum atomic E-state index is 1.13. The Morgan fingerprint density at radius 3 is 2.30 bits per heavy atom. The van der Waals surface area contributed by atoms with Crippen molar-refractivity contribution in [2.75, 3.05) is 5.23 Å². The van der Waals surface area contributed by atoms with Gasteiger partial charge < -0.3 is 5.23 Å². The van der Waals surface area contributed by atoms with E-state index in [1.165, 1.54) is 3.57 Å². The maximum absolute atomic E-state index is 3.09. The molecule has 0 saturated heterocycles. The Morgan fingerprint density at radius 2 is 1.80 bits per heavy atom. The van der Waals surface area contributed by atoms with Gasteiger partial charge in [0.2, 0.25) is 0 Å². The van der Waals surface area contributed by atoms with Gasteiger partial charge in [0, 0.05) is 9.26 Å². The first kappa shape index (κ1) is 8.64. The average Bonchev–Trinajstić information content (AvgIpc) is 1.95. The van der Waals surface area contributed by atoms with Gasteiger partial charge in [0.15, 0.2) is 0 Å². The topological polar surface area (TPSA) is 12.0 Å². The summed E-state index contributed by atoms with van der Waals surface area (Å²) in [6, 6.07) is 8.25. The van der Waals surface area contributed by atoms with Crippen molar-refractivity contribution in [3.05, 3.63) is 27.8 Å². The van der Waals surface area contributed by atoms with Gasteiger partial charge in [-0.25, -0.2) is 0 Å². The number of rotatable bonds is 2. The summed E-state index contributed by atoms with van der Waals surface area (Å²) in [5.41, 5.74) is 1.13. The van der Waals surface area contributed by atoms with Crippen molar-refractivity contribution in [3.63, 3.8) is 0 Å². The molecule has 0 spiro atoms.